The quantitative estimate of drug-likeness (QED) is 0.441. The van der Waals surface area contributed by atoms with Crippen LogP contribution in [0.5, 0.6) is 0 Å². The number of nitrogens with zero attached hydrogens (tertiary/aromatic N) is 2. The highest BCUT2D eigenvalue weighted by molar-refractivity contribution is 7.17. The molecule has 1 aliphatic rings. The lowest BCUT2D eigenvalue weighted by Gasteiger charge is -2.06. The summed E-state index contributed by atoms with van der Waals surface area (Å²) in [7, 11) is 3.97. The zero-order valence-corrected chi connectivity index (χ0v) is 13.4. The van der Waals surface area contributed by atoms with Gasteiger partial charge in [-0.1, -0.05) is 18.5 Å². The molecule has 0 fully saturated rings. The number of hydrogen-bond acceptors (Lipinski definition) is 6. The fourth-order valence-corrected chi connectivity index (χ4v) is 2.65. The second-order valence-corrected chi connectivity index (χ2v) is 6.05. The molecule has 5 nitrogen and oxygen atoms in total. The van der Waals surface area contributed by atoms with E-state index in [1.54, 1.807) is 11.3 Å². The molecule has 2 heterocycles. The molecule has 1 aromatic heterocycles. The highest BCUT2D eigenvalue weighted by Crippen LogP contribution is 2.27. The molecule has 0 saturated carbocycles. The van der Waals surface area contributed by atoms with Gasteiger partial charge in [-0.3, -0.25) is 0 Å². The Morgan fingerprint density at radius 3 is 2.90 bits per heavy atom. The van der Waals surface area contributed by atoms with Crippen LogP contribution in [0.1, 0.15) is 24.6 Å². The molecule has 0 saturated heterocycles. The van der Waals surface area contributed by atoms with E-state index in [4.69, 9.17) is 9.57 Å². The van der Waals surface area contributed by atoms with Crippen LogP contribution in [0.15, 0.2) is 22.9 Å². The lowest BCUT2D eigenvalue weighted by molar-refractivity contribution is -0.136. The minimum absolute atomic E-state index is 0.309. The first-order chi connectivity index (χ1) is 10.1. The van der Waals surface area contributed by atoms with E-state index in [1.165, 1.54) is 0 Å². The number of unbranched alkanes of at least 4 members (excludes halogenated alkanes) is 1. The Hall–Kier alpha value is -1.66. The second-order valence-electron chi connectivity index (χ2n) is 4.95. The molecular formula is C15H20N2O3S. The van der Waals surface area contributed by atoms with Gasteiger partial charge in [0.2, 0.25) is 0 Å². The molecule has 0 atom stereocenters. The number of ether oxygens (including phenoxy) is 1. The molecule has 0 N–H and O–H groups in total. The normalized spacial score (nSPS) is 16.2. The van der Waals surface area contributed by atoms with Gasteiger partial charge in [0.1, 0.15) is 5.71 Å². The Morgan fingerprint density at radius 1 is 1.43 bits per heavy atom. The van der Waals surface area contributed by atoms with E-state index < -0.39 is 5.97 Å². The first-order valence-electron chi connectivity index (χ1n) is 6.97. The van der Waals surface area contributed by atoms with E-state index in [0.717, 1.165) is 22.7 Å². The monoisotopic (exact) mass is 308 g/mol. The molecule has 0 aromatic carbocycles. The maximum absolute atomic E-state index is 11.8. The number of oxime groups is 1. The molecule has 21 heavy (non-hydrogen) atoms. The molecule has 0 unspecified atom stereocenters. The molecule has 6 heteroatoms. The maximum Gasteiger partial charge on any atom is 0.367 e. The van der Waals surface area contributed by atoms with Crippen molar-refractivity contribution in [1.82, 2.24) is 0 Å². The first-order valence-corrected chi connectivity index (χ1v) is 7.78. The maximum atomic E-state index is 11.8. The van der Waals surface area contributed by atoms with Crippen LogP contribution in [0.3, 0.4) is 0 Å². The van der Waals surface area contributed by atoms with Crippen LogP contribution < -0.4 is 4.90 Å². The van der Waals surface area contributed by atoms with Gasteiger partial charge >= 0.3 is 5.97 Å². The number of thiophene rings is 1. The van der Waals surface area contributed by atoms with Gasteiger partial charge in [0.25, 0.3) is 0 Å². The zero-order chi connectivity index (χ0) is 15.2. The number of hydrogen-bond donors (Lipinski definition) is 0. The molecular weight excluding hydrogens is 288 g/mol. The average Bonchev–Trinajstić information content (AvgIpc) is 3.05. The van der Waals surface area contributed by atoms with E-state index >= 15 is 0 Å². The highest BCUT2D eigenvalue weighted by Gasteiger charge is 2.25. The third kappa shape index (κ3) is 4.15. The average molecular weight is 308 g/mol. The topological polar surface area (TPSA) is 51.1 Å². The SMILES string of the molecule is CCCCOCC1=NOC(=O)/C1=C\c1ccc(N(C)C)s1. The zero-order valence-electron chi connectivity index (χ0n) is 12.6. The third-order valence-corrected chi connectivity index (χ3v) is 4.19. The van der Waals surface area contributed by atoms with Crippen LogP contribution in [-0.4, -0.2) is 39.0 Å². The van der Waals surface area contributed by atoms with Gasteiger partial charge in [-0.15, -0.1) is 11.3 Å². The molecule has 0 amide bonds. The largest absolute Gasteiger partial charge is 0.375 e. The molecule has 0 aliphatic carbocycles. The number of rotatable bonds is 7. The van der Waals surface area contributed by atoms with E-state index in [2.05, 4.69) is 12.1 Å². The Bertz CT molecular complexity index is 561. The first kappa shape index (κ1) is 15.7. The van der Waals surface area contributed by atoms with Crippen molar-refractivity contribution in [2.45, 2.75) is 19.8 Å². The summed E-state index contributed by atoms with van der Waals surface area (Å²) in [5, 5.41) is 4.93. The number of carbonyl (C=O) groups is 1. The predicted molar refractivity (Wildman–Crippen MR) is 85.9 cm³/mol. The molecule has 1 aliphatic heterocycles. The van der Waals surface area contributed by atoms with E-state index in [9.17, 15) is 4.79 Å². The Morgan fingerprint density at radius 2 is 2.24 bits per heavy atom. The van der Waals surface area contributed by atoms with Crippen molar-refractivity contribution in [1.29, 1.82) is 0 Å². The standard InChI is InChI=1S/C15H20N2O3S/c1-4-5-8-19-10-13-12(15(18)20-16-13)9-11-6-7-14(21-11)17(2)3/h6-7,9H,4-5,8,10H2,1-3H3/b12-9-. The van der Waals surface area contributed by atoms with Gasteiger partial charge in [0.05, 0.1) is 17.2 Å². The molecule has 1 aromatic rings. The summed E-state index contributed by atoms with van der Waals surface area (Å²) >= 11 is 1.61. The number of carbonyl (C=O) groups excluding carboxylic acids is 1. The van der Waals surface area contributed by atoms with Gasteiger partial charge in [-0.25, -0.2) is 4.79 Å². The van der Waals surface area contributed by atoms with Gasteiger partial charge in [0, 0.05) is 25.6 Å². The third-order valence-electron chi connectivity index (χ3n) is 2.99. The second kappa shape index (κ2) is 7.38. The summed E-state index contributed by atoms with van der Waals surface area (Å²) < 4.78 is 5.51. The molecule has 0 bridgehead atoms. The fourth-order valence-electron chi connectivity index (χ4n) is 1.78. The van der Waals surface area contributed by atoms with Crippen molar-refractivity contribution >= 4 is 34.1 Å². The fraction of sp³-hybridized carbons (Fsp3) is 0.467. The lowest BCUT2D eigenvalue weighted by atomic mass is 10.1. The Kier molecular flexibility index (Phi) is 5.52. The van der Waals surface area contributed by atoms with Crippen LogP contribution in [0, 0.1) is 0 Å². The van der Waals surface area contributed by atoms with Crippen molar-refractivity contribution in [2.75, 3.05) is 32.2 Å². The van der Waals surface area contributed by atoms with Crippen LogP contribution in [0.4, 0.5) is 5.00 Å². The van der Waals surface area contributed by atoms with E-state index in [1.807, 2.05) is 37.2 Å². The summed E-state index contributed by atoms with van der Waals surface area (Å²) in [6.07, 6.45) is 3.89. The molecule has 0 spiro atoms. The van der Waals surface area contributed by atoms with Crippen LogP contribution in [-0.2, 0) is 14.4 Å². The molecule has 114 valence electrons. The smallest absolute Gasteiger partial charge is 0.367 e. The van der Waals surface area contributed by atoms with Crippen LogP contribution in [0.2, 0.25) is 0 Å². The predicted octanol–water partition coefficient (Wildman–Crippen LogP) is 2.93. The van der Waals surface area contributed by atoms with Crippen molar-refractivity contribution < 1.29 is 14.4 Å². The Balaban J connectivity index is 2.05. The van der Waals surface area contributed by atoms with Crippen molar-refractivity contribution in [3.63, 3.8) is 0 Å². The van der Waals surface area contributed by atoms with Gasteiger partial charge in [0.15, 0.2) is 0 Å². The highest BCUT2D eigenvalue weighted by atomic mass is 32.1. The summed E-state index contributed by atoms with van der Waals surface area (Å²) in [4.78, 5) is 19.5. The number of anilines is 1. The molecule has 2 rings (SSSR count). The summed E-state index contributed by atoms with van der Waals surface area (Å²) in [5.74, 6) is -0.413. The molecule has 0 radical (unpaired) electrons. The van der Waals surface area contributed by atoms with Crippen molar-refractivity contribution in [3.8, 4) is 0 Å². The summed E-state index contributed by atoms with van der Waals surface area (Å²) in [6.45, 7) is 3.08. The lowest BCUT2D eigenvalue weighted by Crippen LogP contribution is -2.12. The van der Waals surface area contributed by atoms with Gasteiger partial charge in [-0.05, 0) is 24.6 Å². The van der Waals surface area contributed by atoms with E-state index in [0.29, 0.717) is 24.5 Å². The summed E-state index contributed by atoms with van der Waals surface area (Å²) in [5.41, 5.74) is 1.05. The van der Waals surface area contributed by atoms with E-state index in [-0.39, 0.29) is 0 Å². The minimum atomic E-state index is -0.413. The van der Waals surface area contributed by atoms with Crippen molar-refractivity contribution in [3.05, 3.63) is 22.6 Å². The Labute approximate surface area is 128 Å². The summed E-state index contributed by atoms with van der Waals surface area (Å²) in [6, 6.07) is 4.00. The van der Waals surface area contributed by atoms with Crippen LogP contribution in [0.25, 0.3) is 6.08 Å². The van der Waals surface area contributed by atoms with Gasteiger partial charge in [-0.2, -0.15) is 0 Å². The van der Waals surface area contributed by atoms with Crippen molar-refractivity contribution in [2.24, 2.45) is 5.16 Å². The van der Waals surface area contributed by atoms with Gasteiger partial charge < -0.3 is 14.5 Å². The van der Waals surface area contributed by atoms with Crippen LogP contribution >= 0.6 is 11.3 Å². The minimum Gasteiger partial charge on any atom is -0.375 e.